The number of benzene rings is 2. The second kappa shape index (κ2) is 9.91. The highest BCUT2D eigenvalue weighted by Gasteiger charge is 2.35. The van der Waals surface area contributed by atoms with Gasteiger partial charge in [0.25, 0.3) is 0 Å². The van der Waals surface area contributed by atoms with Crippen LogP contribution in [0.3, 0.4) is 0 Å². The number of aromatic amines is 1. The Hall–Kier alpha value is -3.23. The van der Waals surface area contributed by atoms with Crippen molar-refractivity contribution < 1.29 is 27.4 Å². The van der Waals surface area contributed by atoms with Gasteiger partial charge in [-0.2, -0.15) is 13.2 Å². The molecule has 0 spiro atoms. The highest BCUT2D eigenvalue weighted by molar-refractivity contribution is 5.77. The molecule has 1 aromatic heterocycles. The third-order valence-corrected chi connectivity index (χ3v) is 6.61. The minimum Gasteiger partial charge on any atom is -0.457 e. The molecule has 0 saturated heterocycles. The van der Waals surface area contributed by atoms with Gasteiger partial charge in [-0.05, 0) is 81.7 Å². The van der Waals surface area contributed by atoms with Crippen molar-refractivity contribution in [3.63, 3.8) is 0 Å². The monoisotopic (exact) mass is 517 g/mol. The summed E-state index contributed by atoms with van der Waals surface area (Å²) in [5.41, 5.74) is 1.08. The van der Waals surface area contributed by atoms with Crippen molar-refractivity contribution in [2.75, 3.05) is 0 Å². The molecule has 2 aromatic carbocycles. The molecule has 0 bridgehead atoms. The zero-order valence-electron chi connectivity index (χ0n) is 21.9. The number of nitrogens with one attached hydrogen (secondary N) is 1. The van der Waals surface area contributed by atoms with Crippen LogP contribution in [0.25, 0.3) is 11.0 Å². The normalized spacial score (nSPS) is 16.5. The molecular weight excluding hydrogens is 483 g/mol. The lowest BCUT2D eigenvalue weighted by Gasteiger charge is -2.40. The van der Waals surface area contributed by atoms with Crippen LogP contribution in [0.5, 0.6) is 11.5 Å². The van der Waals surface area contributed by atoms with Gasteiger partial charge in [0.05, 0.1) is 11.0 Å². The summed E-state index contributed by atoms with van der Waals surface area (Å²) in [5.74, 6) is -0.140. The van der Waals surface area contributed by atoms with Gasteiger partial charge in [0.1, 0.15) is 17.1 Å². The van der Waals surface area contributed by atoms with Crippen LogP contribution in [0.4, 0.5) is 18.0 Å². The fourth-order valence-corrected chi connectivity index (χ4v) is 4.54. The number of imidazole rings is 1. The zero-order valence-corrected chi connectivity index (χ0v) is 21.9. The number of hydrogen-bond donors (Lipinski definition) is 1. The van der Waals surface area contributed by atoms with Gasteiger partial charge in [0.15, 0.2) is 0 Å². The Morgan fingerprint density at radius 2 is 1.68 bits per heavy atom. The Labute approximate surface area is 215 Å². The molecule has 200 valence electrons. The van der Waals surface area contributed by atoms with Gasteiger partial charge in [-0.1, -0.05) is 26.0 Å². The number of H-pyrrole nitrogens is 1. The molecule has 0 atom stereocenters. The van der Waals surface area contributed by atoms with Crippen molar-refractivity contribution in [2.45, 2.75) is 84.7 Å². The first-order valence-corrected chi connectivity index (χ1v) is 12.5. The van der Waals surface area contributed by atoms with E-state index < -0.39 is 17.6 Å². The molecule has 0 aliphatic heterocycles. The Bertz CT molecular complexity index is 1230. The molecule has 9 heteroatoms. The topological polar surface area (TPSA) is 67.5 Å². The molecule has 0 radical (unpaired) electrons. The Kier molecular flexibility index (Phi) is 7.18. The fourth-order valence-electron chi connectivity index (χ4n) is 4.54. The van der Waals surface area contributed by atoms with Crippen LogP contribution in [0.2, 0.25) is 0 Å². The van der Waals surface area contributed by atoms with Crippen molar-refractivity contribution in [3.8, 4) is 11.5 Å². The lowest BCUT2D eigenvalue weighted by molar-refractivity contribution is -0.144. The molecule has 1 fully saturated rings. The molecular formula is C28H34F3N3O3. The van der Waals surface area contributed by atoms with Crippen LogP contribution >= 0.6 is 0 Å². The molecule has 1 heterocycles. The van der Waals surface area contributed by atoms with Crippen LogP contribution < -0.4 is 4.74 Å². The van der Waals surface area contributed by atoms with Crippen molar-refractivity contribution in [2.24, 2.45) is 5.41 Å². The maximum atomic E-state index is 13.1. The lowest BCUT2D eigenvalue weighted by atomic mass is 9.75. The van der Waals surface area contributed by atoms with Gasteiger partial charge in [-0.25, -0.2) is 9.78 Å². The maximum Gasteiger partial charge on any atom is 0.449 e. The summed E-state index contributed by atoms with van der Waals surface area (Å²) in [6, 6.07) is 12.0. The van der Waals surface area contributed by atoms with E-state index in [-0.39, 0.29) is 28.6 Å². The second-order valence-electron chi connectivity index (χ2n) is 11.5. The first kappa shape index (κ1) is 26.8. The molecule has 6 nitrogen and oxygen atoms in total. The summed E-state index contributed by atoms with van der Waals surface area (Å²) < 4.78 is 50.4. The van der Waals surface area contributed by atoms with Crippen molar-refractivity contribution >= 4 is 17.1 Å². The van der Waals surface area contributed by atoms with E-state index in [1.807, 2.05) is 37.8 Å². The summed E-state index contributed by atoms with van der Waals surface area (Å²) in [5, 5.41) is 0. The van der Waals surface area contributed by atoms with E-state index in [0.717, 1.165) is 31.2 Å². The van der Waals surface area contributed by atoms with Crippen molar-refractivity contribution in [3.05, 3.63) is 53.9 Å². The number of halogens is 3. The van der Waals surface area contributed by atoms with E-state index in [1.165, 1.54) is 12.1 Å². The van der Waals surface area contributed by atoms with E-state index in [1.54, 1.807) is 18.2 Å². The molecule has 3 aromatic rings. The third kappa shape index (κ3) is 6.96. The third-order valence-electron chi connectivity index (χ3n) is 6.61. The number of carbonyl (C=O) groups is 1. The van der Waals surface area contributed by atoms with Crippen LogP contribution in [0.15, 0.2) is 42.5 Å². The van der Waals surface area contributed by atoms with Crippen LogP contribution in [-0.2, 0) is 17.5 Å². The average molecular weight is 518 g/mol. The van der Waals surface area contributed by atoms with Gasteiger partial charge in [0.2, 0.25) is 5.82 Å². The Balaban J connectivity index is 1.47. The summed E-state index contributed by atoms with van der Waals surface area (Å²) >= 11 is 0. The number of rotatable bonds is 5. The summed E-state index contributed by atoms with van der Waals surface area (Å²) in [6.07, 6.45) is -0.902. The van der Waals surface area contributed by atoms with Gasteiger partial charge < -0.3 is 19.4 Å². The number of nitrogens with zero attached hydrogens (tertiary/aromatic N) is 2. The Morgan fingerprint density at radius 3 is 2.27 bits per heavy atom. The first-order valence-electron chi connectivity index (χ1n) is 12.5. The average Bonchev–Trinajstić information content (AvgIpc) is 3.22. The van der Waals surface area contributed by atoms with Gasteiger partial charge >= 0.3 is 12.3 Å². The number of carbonyl (C=O) groups excluding carboxylic acids is 1. The largest absolute Gasteiger partial charge is 0.457 e. The molecule has 1 aliphatic rings. The smallest absolute Gasteiger partial charge is 0.449 e. The number of amides is 1. The number of ether oxygens (including phenoxy) is 2. The zero-order chi connectivity index (χ0) is 27.0. The summed E-state index contributed by atoms with van der Waals surface area (Å²) in [4.78, 5) is 20.8. The number of aromatic nitrogens is 2. The number of hydrogen-bond acceptors (Lipinski definition) is 4. The fraction of sp³-hybridized carbons (Fsp3) is 0.500. The SMILES string of the molecule is CC1(C)CCC(N(Cc2ccc(Oc3ccc4[nH]c(C(F)(F)F)nc4c3)cc2)C(=O)OC(C)(C)C)CC1. The van der Waals surface area contributed by atoms with E-state index in [9.17, 15) is 18.0 Å². The minimum absolute atomic E-state index is 0.112. The van der Waals surface area contributed by atoms with Crippen molar-refractivity contribution in [1.29, 1.82) is 0 Å². The maximum absolute atomic E-state index is 13.1. The minimum atomic E-state index is -4.54. The van der Waals surface area contributed by atoms with Crippen LogP contribution in [-0.4, -0.2) is 32.6 Å². The van der Waals surface area contributed by atoms with Crippen molar-refractivity contribution in [1.82, 2.24) is 14.9 Å². The van der Waals surface area contributed by atoms with E-state index in [4.69, 9.17) is 9.47 Å². The molecule has 1 N–H and O–H groups in total. The summed E-state index contributed by atoms with van der Waals surface area (Å²) in [7, 11) is 0. The predicted molar refractivity (Wildman–Crippen MR) is 135 cm³/mol. The summed E-state index contributed by atoms with van der Waals surface area (Å²) in [6.45, 7) is 10.5. The van der Waals surface area contributed by atoms with Crippen LogP contribution in [0, 0.1) is 5.41 Å². The standard InChI is InChI=1S/C28H34F3N3O3/c1-26(2,3)37-25(35)34(19-12-14-27(4,5)15-13-19)17-18-6-8-20(9-7-18)36-21-10-11-22-23(16-21)33-24(32-22)28(29,30)31/h6-11,16,19H,12-15,17H2,1-5H3,(H,32,33). The molecule has 1 aliphatic carbocycles. The van der Waals surface area contributed by atoms with E-state index in [2.05, 4.69) is 23.8 Å². The van der Waals surface area contributed by atoms with E-state index >= 15 is 0 Å². The Morgan fingerprint density at radius 1 is 1.05 bits per heavy atom. The molecule has 1 saturated carbocycles. The molecule has 0 unspecified atom stereocenters. The van der Waals surface area contributed by atoms with Gasteiger partial charge in [-0.15, -0.1) is 0 Å². The van der Waals surface area contributed by atoms with Gasteiger partial charge in [0, 0.05) is 18.7 Å². The molecule has 4 rings (SSSR count). The highest BCUT2D eigenvalue weighted by Crippen LogP contribution is 2.38. The number of alkyl halides is 3. The molecule has 37 heavy (non-hydrogen) atoms. The van der Waals surface area contributed by atoms with Crippen LogP contribution in [0.1, 0.15) is 71.7 Å². The first-order chi connectivity index (χ1) is 17.2. The predicted octanol–water partition coefficient (Wildman–Crippen LogP) is 8.08. The second-order valence-corrected chi connectivity index (χ2v) is 11.5. The van der Waals surface area contributed by atoms with Gasteiger partial charge in [-0.3, -0.25) is 0 Å². The highest BCUT2D eigenvalue weighted by atomic mass is 19.4. The lowest BCUT2D eigenvalue weighted by Crippen LogP contribution is -2.45. The number of fused-ring (bicyclic) bond motifs is 1. The quantitative estimate of drug-likeness (QED) is 0.371. The van der Waals surface area contributed by atoms with E-state index in [0.29, 0.717) is 18.0 Å². The molecule has 1 amide bonds.